The SMILES string of the molecule is CC(CN[C@@H](C)c1cccs1)C(N)=O. The van der Waals surface area contributed by atoms with E-state index in [-0.39, 0.29) is 17.9 Å². The van der Waals surface area contributed by atoms with Crippen molar-refractivity contribution in [3.8, 4) is 0 Å². The zero-order valence-corrected chi connectivity index (χ0v) is 9.30. The fourth-order valence-electron chi connectivity index (χ4n) is 1.09. The highest BCUT2D eigenvalue weighted by molar-refractivity contribution is 7.10. The van der Waals surface area contributed by atoms with Crippen LogP contribution < -0.4 is 11.1 Å². The van der Waals surface area contributed by atoms with Gasteiger partial charge in [-0.25, -0.2) is 0 Å². The Morgan fingerprint density at radius 3 is 2.86 bits per heavy atom. The standard InChI is InChI=1S/C10H16N2OS/c1-7(10(11)13)6-12-8(2)9-4-3-5-14-9/h3-5,7-8,12H,6H2,1-2H3,(H2,11,13)/t7?,8-/m0/s1. The van der Waals surface area contributed by atoms with Gasteiger partial charge >= 0.3 is 0 Å². The van der Waals surface area contributed by atoms with Crippen LogP contribution in [-0.4, -0.2) is 12.5 Å². The Kier molecular flexibility index (Phi) is 4.10. The number of nitrogens with two attached hydrogens (primary N) is 1. The number of amides is 1. The first-order valence-electron chi connectivity index (χ1n) is 4.67. The van der Waals surface area contributed by atoms with Gasteiger partial charge in [0, 0.05) is 23.4 Å². The molecule has 1 aromatic rings. The molecule has 3 nitrogen and oxygen atoms in total. The van der Waals surface area contributed by atoms with Crippen molar-refractivity contribution in [2.45, 2.75) is 19.9 Å². The predicted molar refractivity (Wildman–Crippen MR) is 59.1 cm³/mol. The smallest absolute Gasteiger partial charge is 0.221 e. The highest BCUT2D eigenvalue weighted by Crippen LogP contribution is 2.17. The van der Waals surface area contributed by atoms with E-state index in [1.54, 1.807) is 11.3 Å². The lowest BCUT2D eigenvalue weighted by atomic mass is 10.1. The number of rotatable bonds is 5. The second-order valence-electron chi connectivity index (χ2n) is 3.45. The quantitative estimate of drug-likeness (QED) is 0.777. The van der Waals surface area contributed by atoms with Gasteiger partial charge in [0.1, 0.15) is 0 Å². The third-order valence-electron chi connectivity index (χ3n) is 2.19. The molecule has 0 aliphatic rings. The molecule has 0 bridgehead atoms. The van der Waals surface area contributed by atoms with E-state index in [2.05, 4.69) is 18.3 Å². The summed E-state index contributed by atoms with van der Waals surface area (Å²) in [6, 6.07) is 4.39. The zero-order chi connectivity index (χ0) is 10.6. The van der Waals surface area contributed by atoms with Crippen LogP contribution in [0.5, 0.6) is 0 Å². The van der Waals surface area contributed by atoms with Crippen LogP contribution in [0, 0.1) is 5.92 Å². The Bertz CT molecular complexity index is 284. The second kappa shape index (κ2) is 5.12. The van der Waals surface area contributed by atoms with E-state index in [1.165, 1.54) is 4.88 Å². The maximum Gasteiger partial charge on any atom is 0.221 e. The van der Waals surface area contributed by atoms with Crippen LogP contribution in [0.2, 0.25) is 0 Å². The number of hydrogen-bond acceptors (Lipinski definition) is 3. The molecule has 0 aromatic carbocycles. The van der Waals surface area contributed by atoms with Gasteiger partial charge in [-0.2, -0.15) is 0 Å². The largest absolute Gasteiger partial charge is 0.369 e. The Hall–Kier alpha value is -0.870. The molecule has 0 saturated carbocycles. The summed E-state index contributed by atoms with van der Waals surface area (Å²) in [7, 11) is 0. The van der Waals surface area contributed by atoms with E-state index in [9.17, 15) is 4.79 Å². The van der Waals surface area contributed by atoms with Gasteiger partial charge in [-0.3, -0.25) is 4.79 Å². The topological polar surface area (TPSA) is 55.1 Å². The van der Waals surface area contributed by atoms with Crippen molar-refractivity contribution in [1.82, 2.24) is 5.32 Å². The summed E-state index contributed by atoms with van der Waals surface area (Å²) in [5, 5.41) is 5.32. The van der Waals surface area contributed by atoms with Gasteiger partial charge in [-0.15, -0.1) is 11.3 Å². The molecule has 0 fully saturated rings. The summed E-state index contributed by atoms with van der Waals surface area (Å²) in [6.45, 7) is 4.55. The van der Waals surface area contributed by atoms with E-state index in [0.717, 1.165) is 0 Å². The zero-order valence-electron chi connectivity index (χ0n) is 8.49. The van der Waals surface area contributed by atoms with Gasteiger partial charge < -0.3 is 11.1 Å². The molecule has 4 heteroatoms. The normalized spacial score (nSPS) is 15.0. The Morgan fingerprint density at radius 1 is 1.64 bits per heavy atom. The van der Waals surface area contributed by atoms with Gasteiger partial charge in [0.15, 0.2) is 0 Å². The molecule has 1 rings (SSSR count). The third kappa shape index (κ3) is 3.12. The van der Waals surface area contributed by atoms with E-state index >= 15 is 0 Å². The molecule has 1 amide bonds. The lowest BCUT2D eigenvalue weighted by Gasteiger charge is -2.14. The van der Waals surface area contributed by atoms with E-state index < -0.39 is 0 Å². The minimum atomic E-state index is -0.254. The van der Waals surface area contributed by atoms with Crippen LogP contribution in [0.4, 0.5) is 0 Å². The van der Waals surface area contributed by atoms with Crippen molar-refractivity contribution in [2.75, 3.05) is 6.54 Å². The number of thiophene rings is 1. The fourth-order valence-corrected chi connectivity index (χ4v) is 1.85. The van der Waals surface area contributed by atoms with E-state index in [4.69, 9.17) is 5.73 Å². The molecule has 78 valence electrons. The average molecular weight is 212 g/mol. The second-order valence-corrected chi connectivity index (χ2v) is 4.43. The fraction of sp³-hybridized carbons (Fsp3) is 0.500. The molecule has 1 heterocycles. The molecule has 14 heavy (non-hydrogen) atoms. The maximum absolute atomic E-state index is 10.8. The Morgan fingerprint density at radius 2 is 2.36 bits per heavy atom. The number of nitrogens with one attached hydrogen (secondary N) is 1. The van der Waals surface area contributed by atoms with E-state index in [1.807, 2.05) is 18.4 Å². The molecular weight excluding hydrogens is 196 g/mol. The lowest BCUT2D eigenvalue weighted by molar-refractivity contribution is -0.121. The van der Waals surface area contributed by atoms with Crippen LogP contribution in [-0.2, 0) is 4.79 Å². The van der Waals surface area contributed by atoms with Crippen molar-refractivity contribution in [3.63, 3.8) is 0 Å². The summed E-state index contributed by atoms with van der Waals surface area (Å²) >= 11 is 1.71. The van der Waals surface area contributed by atoms with Gasteiger partial charge in [0.2, 0.25) is 5.91 Å². The van der Waals surface area contributed by atoms with Crippen LogP contribution in [0.1, 0.15) is 24.8 Å². The monoisotopic (exact) mass is 212 g/mol. The first kappa shape index (κ1) is 11.2. The highest BCUT2D eigenvalue weighted by atomic mass is 32.1. The molecule has 0 aliphatic heterocycles. The molecule has 0 spiro atoms. The summed E-state index contributed by atoms with van der Waals surface area (Å²) in [6.07, 6.45) is 0. The van der Waals surface area contributed by atoms with Gasteiger partial charge in [-0.1, -0.05) is 13.0 Å². The molecule has 3 N–H and O–H groups in total. The Balaban J connectivity index is 2.35. The summed E-state index contributed by atoms with van der Waals surface area (Å²) in [5.41, 5.74) is 5.16. The minimum absolute atomic E-state index is 0.114. The van der Waals surface area contributed by atoms with Crippen molar-refractivity contribution in [3.05, 3.63) is 22.4 Å². The van der Waals surface area contributed by atoms with Crippen LogP contribution in [0.3, 0.4) is 0 Å². The van der Waals surface area contributed by atoms with Crippen LogP contribution >= 0.6 is 11.3 Å². The van der Waals surface area contributed by atoms with Crippen molar-refractivity contribution < 1.29 is 4.79 Å². The average Bonchev–Trinajstić information content (AvgIpc) is 2.66. The van der Waals surface area contributed by atoms with Crippen LogP contribution in [0.15, 0.2) is 17.5 Å². The summed E-state index contributed by atoms with van der Waals surface area (Å²) in [5.74, 6) is -0.367. The predicted octanol–water partition coefficient (Wildman–Crippen LogP) is 1.52. The molecule has 1 aromatic heterocycles. The lowest BCUT2D eigenvalue weighted by Crippen LogP contribution is -2.32. The maximum atomic E-state index is 10.8. The van der Waals surface area contributed by atoms with Crippen LogP contribution in [0.25, 0.3) is 0 Å². The first-order valence-corrected chi connectivity index (χ1v) is 5.55. The number of carbonyl (C=O) groups excluding carboxylic acids is 1. The molecule has 0 radical (unpaired) electrons. The van der Waals surface area contributed by atoms with E-state index in [0.29, 0.717) is 6.54 Å². The number of carbonyl (C=O) groups is 1. The minimum Gasteiger partial charge on any atom is -0.369 e. The van der Waals surface area contributed by atoms with Crippen molar-refractivity contribution in [1.29, 1.82) is 0 Å². The van der Waals surface area contributed by atoms with Crippen molar-refractivity contribution >= 4 is 17.2 Å². The third-order valence-corrected chi connectivity index (χ3v) is 3.24. The molecular formula is C10H16N2OS. The molecule has 0 aliphatic carbocycles. The van der Waals surface area contributed by atoms with Gasteiger partial charge in [0.05, 0.1) is 0 Å². The summed E-state index contributed by atoms with van der Waals surface area (Å²) in [4.78, 5) is 12.1. The molecule has 0 saturated heterocycles. The number of primary amides is 1. The highest BCUT2D eigenvalue weighted by Gasteiger charge is 2.11. The number of hydrogen-bond donors (Lipinski definition) is 2. The molecule has 1 unspecified atom stereocenters. The van der Waals surface area contributed by atoms with Crippen molar-refractivity contribution in [2.24, 2.45) is 11.7 Å². The first-order chi connectivity index (χ1) is 6.61. The van der Waals surface area contributed by atoms with Gasteiger partial charge in [-0.05, 0) is 18.4 Å². The molecule has 2 atom stereocenters. The van der Waals surface area contributed by atoms with Gasteiger partial charge in [0.25, 0.3) is 0 Å². The Labute approximate surface area is 88.3 Å². The summed E-state index contributed by atoms with van der Waals surface area (Å²) < 4.78 is 0.